The normalized spacial score (nSPS) is 17.7. The van der Waals surface area contributed by atoms with Gasteiger partial charge in [0.25, 0.3) is 0 Å². The van der Waals surface area contributed by atoms with Crippen molar-refractivity contribution < 1.29 is 9.66 Å². The van der Waals surface area contributed by atoms with Gasteiger partial charge in [0, 0.05) is 26.3 Å². The molecule has 1 unspecified atom stereocenters. The Kier molecular flexibility index (Phi) is 5.17. The van der Waals surface area contributed by atoms with E-state index in [0.717, 1.165) is 32.5 Å². The Morgan fingerprint density at radius 3 is 2.76 bits per heavy atom. The molecule has 0 saturated carbocycles. The number of nitrogens with zero attached hydrogens (tertiary/aromatic N) is 3. The van der Waals surface area contributed by atoms with Crippen LogP contribution in [0.1, 0.15) is 38.8 Å². The van der Waals surface area contributed by atoms with Crippen LogP contribution in [-0.4, -0.2) is 34.0 Å². The first-order chi connectivity index (χ1) is 10.0. The van der Waals surface area contributed by atoms with Crippen LogP contribution < -0.4 is 5.32 Å². The lowest BCUT2D eigenvalue weighted by Gasteiger charge is -2.28. The van der Waals surface area contributed by atoms with Crippen molar-refractivity contribution in [3.05, 3.63) is 15.8 Å². The lowest BCUT2D eigenvalue weighted by Crippen LogP contribution is -2.31. The summed E-state index contributed by atoms with van der Waals surface area (Å²) < 4.78 is 6.96. The summed E-state index contributed by atoms with van der Waals surface area (Å²) in [6.45, 7) is 5.61. The van der Waals surface area contributed by atoms with Crippen LogP contribution in [0.2, 0.25) is 0 Å². The van der Waals surface area contributed by atoms with Crippen molar-refractivity contribution in [2.75, 3.05) is 18.5 Å². The third-order valence-electron chi connectivity index (χ3n) is 4.10. The van der Waals surface area contributed by atoms with Gasteiger partial charge in [-0.3, -0.25) is 10.1 Å². The predicted octanol–water partition coefficient (Wildman–Crippen LogP) is 2.51. The SMILES string of the molecule is CCCc1nn(C)c(NC(C)C2CCOCC2)c1[N+](=O)[O-]. The van der Waals surface area contributed by atoms with Crippen LogP contribution in [0, 0.1) is 16.0 Å². The van der Waals surface area contributed by atoms with E-state index in [4.69, 9.17) is 4.74 Å². The summed E-state index contributed by atoms with van der Waals surface area (Å²) in [6, 6.07) is 0.164. The minimum atomic E-state index is -0.322. The van der Waals surface area contributed by atoms with E-state index in [1.807, 2.05) is 6.92 Å². The molecule has 1 fully saturated rings. The monoisotopic (exact) mass is 296 g/mol. The first kappa shape index (κ1) is 15.8. The molecule has 1 aliphatic rings. The number of anilines is 1. The van der Waals surface area contributed by atoms with Gasteiger partial charge in [-0.2, -0.15) is 5.10 Å². The highest BCUT2D eigenvalue weighted by Gasteiger charge is 2.29. The number of aryl methyl sites for hydroxylation is 2. The van der Waals surface area contributed by atoms with Gasteiger partial charge < -0.3 is 10.1 Å². The van der Waals surface area contributed by atoms with Crippen LogP contribution >= 0.6 is 0 Å². The third-order valence-corrected chi connectivity index (χ3v) is 4.10. The lowest BCUT2D eigenvalue weighted by atomic mass is 9.93. The smallest absolute Gasteiger partial charge is 0.333 e. The highest BCUT2D eigenvalue weighted by Crippen LogP contribution is 2.31. The Hall–Kier alpha value is -1.63. The summed E-state index contributed by atoms with van der Waals surface area (Å²) in [5.41, 5.74) is 0.685. The number of nitrogens with one attached hydrogen (secondary N) is 1. The van der Waals surface area contributed by atoms with E-state index in [9.17, 15) is 10.1 Å². The molecule has 0 spiro atoms. The van der Waals surface area contributed by atoms with Crippen LogP contribution in [0.3, 0.4) is 0 Å². The Bertz CT molecular complexity index is 495. The second kappa shape index (κ2) is 6.89. The zero-order valence-electron chi connectivity index (χ0n) is 13.0. The van der Waals surface area contributed by atoms with Crippen LogP contribution in [0.5, 0.6) is 0 Å². The summed E-state index contributed by atoms with van der Waals surface area (Å²) in [5.74, 6) is 0.991. The molecule has 1 aromatic heterocycles. The molecule has 1 aliphatic heterocycles. The topological polar surface area (TPSA) is 82.2 Å². The van der Waals surface area contributed by atoms with Gasteiger partial charge in [-0.1, -0.05) is 13.3 Å². The number of ether oxygens (including phenoxy) is 1. The van der Waals surface area contributed by atoms with Gasteiger partial charge in [0.15, 0.2) is 0 Å². The highest BCUT2D eigenvalue weighted by molar-refractivity contribution is 5.60. The molecule has 1 N–H and O–H groups in total. The number of nitro groups is 1. The molecule has 7 nitrogen and oxygen atoms in total. The van der Waals surface area contributed by atoms with E-state index >= 15 is 0 Å². The summed E-state index contributed by atoms with van der Waals surface area (Å²) in [5, 5.41) is 19.0. The fourth-order valence-corrected chi connectivity index (χ4v) is 2.88. The number of aromatic nitrogens is 2. The maximum Gasteiger partial charge on any atom is 0.333 e. The van der Waals surface area contributed by atoms with Gasteiger partial charge in [-0.15, -0.1) is 0 Å². The molecule has 0 aliphatic carbocycles. The maximum absolute atomic E-state index is 11.4. The van der Waals surface area contributed by atoms with Crippen molar-refractivity contribution in [3.8, 4) is 0 Å². The van der Waals surface area contributed by atoms with Crippen molar-refractivity contribution in [2.24, 2.45) is 13.0 Å². The predicted molar refractivity (Wildman–Crippen MR) is 80.5 cm³/mol. The molecular weight excluding hydrogens is 272 g/mol. The second-order valence-corrected chi connectivity index (χ2v) is 5.66. The highest BCUT2D eigenvalue weighted by atomic mass is 16.6. The average molecular weight is 296 g/mol. The largest absolute Gasteiger partial charge is 0.381 e. The van der Waals surface area contributed by atoms with Gasteiger partial charge in [0.05, 0.1) is 4.92 Å². The minimum Gasteiger partial charge on any atom is -0.381 e. The summed E-state index contributed by atoms with van der Waals surface area (Å²) in [7, 11) is 1.76. The van der Waals surface area contributed by atoms with Crippen molar-refractivity contribution >= 4 is 11.5 Å². The van der Waals surface area contributed by atoms with E-state index in [1.54, 1.807) is 11.7 Å². The molecule has 118 valence electrons. The molecule has 0 amide bonds. The quantitative estimate of drug-likeness (QED) is 0.644. The van der Waals surface area contributed by atoms with Gasteiger partial charge >= 0.3 is 5.69 Å². The van der Waals surface area contributed by atoms with Crippen molar-refractivity contribution in [1.82, 2.24) is 9.78 Å². The van der Waals surface area contributed by atoms with E-state index in [1.165, 1.54) is 0 Å². The van der Waals surface area contributed by atoms with Crippen molar-refractivity contribution in [3.63, 3.8) is 0 Å². The maximum atomic E-state index is 11.4. The zero-order valence-corrected chi connectivity index (χ0v) is 13.0. The Labute approximate surface area is 124 Å². The standard InChI is InChI=1S/C14H24N4O3/c1-4-5-12-13(18(19)20)14(17(3)16-12)15-10(2)11-6-8-21-9-7-11/h10-11,15H,4-9H2,1-3H3. The molecule has 1 atom stereocenters. The fraction of sp³-hybridized carbons (Fsp3) is 0.786. The minimum absolute atomic E-state index is 0.123. The van der Waals surface area contributed by atoms with E-state index in [2.05, 4.69) is 17.3 Å². The lowest BCUT2D eigenvalue weighted by molar-refractivity contribution is -0.384. The van der Waals surface area contributed by atoms with Crippen LogP contribution in [0.4, 0.5) is 11.5 Å². The molecule has 7 heteroatoms. The fourth-order valence-electron chi connectivity index (χ4n) is 2.88. The van der Waals surface area contributed by atoms with Crippen LogP contribution in [0.25, 0.3) is 0 Å². The zero-order chi connectivity index (χ0) is 15.4. The Morgan fingerprint density at radius 1 is 1.52 bits per heavy atom. The van der Waals surface area contributed by atoms with E-state index in [-0.39, 0.29) is 16.7 Å². The number of hydrogen-bond acceptors (Lipinski definition) is 5. The second-order valence-electron chi connectivity index (χ2n) is 5.66. The first-order valence-electron chi connectivity index (χ1n) is 7.59. The third kappa shape index (κ3) is 3.53. The number of hydrogen-bond donors (Lipinski definition) is 1. The van der Waals surface area contributed by atoms with Gasteiger partial charge in [0.1, 0.15) is 5.69 Å². The molecule has 2 rings (SSSR count). The van der Waals surface area contributed by atoms with Crippen molar-refractivity contribution in [1.29, 1.82) is 0 Å². The molecular formula is C14H24N4O3. The Morgan fingerprint density at radius 2 is 2.19 bits per heavy atom. The van der Waals surface area contributed by atoms with Crippen LogP contribution in [0.15, 0.2) is 0 Å². The molecule has 0 aromatic carbocycles. The summed E-state index contributed by atoms with van der Waals surface area (Å²) in [4.78, 5) is 11.1. The number of rotatable bonds is 6. The molecule has 0 radical (unpaired) electrons. The van der Waals surface area contributed by atoms with E-state index in [0.29, 0.717) is 23.9 Å². The molecule has 0 bridgehead atoms. The molecule has 1 saturated heterocycles. The summed E-state index contributed by atoms with van der Waals surface area (Å²) in [6.07, 6.45) is 3.44. The van der Waals surface area contributed by atoms with Gasteiger partial charge in [0.2, 0.25) is 5.82 Å². The van der Waals surface area contributed by atoms with Gasteiger partial charge in [-0.05, 0) is 32.1 Å². The van der Waals surface area contributed by atoms with Crippen molar-refractivity contribution in [2.45, 2.75) is 45.6 Å². The van der Waals surface area contributed by atoms with Crippen LogP contribution in [-0.2, 0) is 18.2 Å². The molecule has 1 aromatic rings. The van der Waals surface area contributed by atoms with E-state index < -0.39 is 0 Å². The average Bonchev–Trinajstić information content (AvgIpc) is 2.76. The summed E-state index contributed by atoms with van der Waals surface area (Å²) >= 11 is 0. The molecule has 2 heterocycles. The van der Waals surface area contributed by atoms with Gasteiger partial charge in [-0.25, -0.2) is 4.68 Å². The Balaban J connectivity index is 2.19. The molecule has 21 heavy (non-hydrogen) atoms. The first-order valence-corrected chi connectivity index (χ1v) is 7.59.